The minimum atomic E-state index is -1.45. The van der Waals surface area contributed by atoms with Gasteiger partial charge in [-0.1, -0.05) is 47.6 Å². The van der Waals surface area contributed by atoms with E-state index >= 15 is 0 Å². The maximum Gasteiger partial charge on any atom is 0.336 e. The summed E-state index contributed by atoms with van der Waals surface area (Å²) in [5.41, 5.74) is -1.09. The third kappa shape index (κ3) is 6.40. The van der Waals surface area contributed by atoms with Gasteiger partial charge in [-0.15, -0.1) is 0 Å². The van der Waals surface area contributed by atoms with E-state index in [0.717, 1.165) is 29.8 Å². The molecular weight excluding hydrogens is 520 g/mol. The molecule has 0 amide bonds. The van der Waals surface area contributed by atoms with Crippen molar-refractivity contribution in [1.29, 1.82) is 0 Å². The molecule has 0 bridgehead atoms. The second-order valence-corrected chi connectivity index (χ2v) is 11.2. The number of hydrogen-bond acceptors (Lipinski definition) is 6. The van der Waals surface area contributed by atoms with E-state index in [-0.39, 0.29) is 28.4 Å². The van der Waals surface area contributed by atoms with Crippen LogP contribution in [0.2, 0.25) is 0 Å². The summed E-state index contributed by atoms with van der Waals surface area (Å²) in [6.45, 7) is 11.8. The Morgan fingerprint density at radius 3 is 1.35 bits per heavy atom. The minimum absolute atomic E-state index is 0.0330. The summed E-state index contributed by atoms with van der Waals surface area (Å²) < 4.78 is 12.3. The summed E-state index contributed by atoms with van der Waals surface area (Å²) in [6, 6.07) is 10.7. The molecule has 0 spiro atoms. The summed E-state index contributed by atoms with van der Waals surface area (Å²) in [5, 5.41) is 37.9. The first-order chi connectivity index (χ1) is 18.4. The van der Waals surface area contributed by atoms with Crippen molar-refractivity contribution in [2.75, 3.05) is 0 Å². The van der Waals surface area contributed by atoms with Gasteiger partial charge in [0.1, 0.15) is 11.5 Å². The van der Waals surface area contributed by atoms with E-state index in [2.05, 4.69) is 0 Å². The molecule has 0 radical (unpaired) electrons. The van der Waals surface area contributed by atoms with Crippen LogP contribution in [0.5, 0.6) is 23.0 Å². The van der Waals surface area contributed by atoms with E-state index in [1.807, 2.05) is 47.6 Å². The molecule has 3 aromatic rings. The van der Waals surface area contributed by atoms with Gasteiger partial charge in [0.05, 0.1) is 22.3 Å². The fraction of sp³-hybridized carbons (Fsp3) is 0.267. The molecule has 0 saturated carbocycles. The molecule has 3 rings (SSSR count). The molecule has 0 aliphatic carbocycles. The Kier molecular flexibility index (Phi) is 7.96. The second-order valence-electron chi connectivity index (χ2n) is 11.2. The predicted molar refractivity (Wildman–Crippen MR) is 145 cm³/mol. The zero-order valence-electron chi connectivity index (χ0n) is 22.9. The van der Waals surface area contributed by atoms with Gasteiger partial charge in [0.15, 0.2) is 11.5 Å². The molecule has 0 aliphatic rings. The molecule has 0 aromatic heterocycles. The van der Waals surface area contributed by atoms with Crippen LogP contribution < -0.4 is 9.47 Å². The minimum Gasteiger partial charge on any atom is -0.478 e. The molecule has 3 aromatic carbocycles. The highest BCUT2D eigenvalue weighted by atomic mass is 16.5. The van der Waals surface area contributed by atoms with Gasteiger partial charge >= 0.3 is 23.9 Å². The quantitative estimate of drug-likeness (QED) is 0.238. The lowest BCUT2D eigenvalue weighted by atomic mass is 9.80. The van der Waals surface area contributed by atoms with E-state index in [4.69, 9.17) is 9.47 Å². The van der Waals surface area contributed by atoms with Crippen molar-refractivity contribution >= 4 is 23.9 Å². The average Bonchev–Trinajstić information content (AvgIpc) is 2.83. The lowest BCUT2D eigenvalue weighted by Gasteiger charge is -2.29. The van der Waals surface area contributed by atoms with Gasteiger partial charge in [-0.25, -0.2) is 19.2 Å². The Hall–Kier alpha value is -4.86. The molecular formula is C30H30O10. The lowest BCUT2D eigenvalue weighted by Crippen LogP contribution is -2.18. The highest BCUT2D eigenvalue weighted by Gasteiger charge is 2.29. The van der Waals surface area contributed by atoms with Gasteiger partial charge in [0.2, 0.25) is 0 Å². The molecule has 0 atom stereocenters. The summed E-state index contributed by atoms with van der Waals surface area (Å²) >= 11 is 0. The molecule has 10 heteroatoms. The van der Waals surface area contributed by atoms with Crippen LogP contribution in [0, 0.1) is 0 Å². The van der Waals surface area contributed by atoms with E-state index in [1.54, 1.807) is 6.07 Å². The van der Waals surface area contributed by atoms with Crippen molar-refractivity contribution in [1.82, 2.24) is 0 Å². The summed E-state index contributed by atoms with van der Waals surface area (Å²) in [6.07, 6.45) is 0. The fourth-order valence-corrected chi connectivity index (χ4v) is 3.92. The van der Waals surface area contributed by atoms with Crippen LogP contribution in [0.3, 0.4) is 0 Å². The lowest BCUT2D eigenvalue weighted by molar-refractivity contribution is 0.0651. The molecule has 0 fully saturated rings. The number of aromatic carboxylic acids is 4. The number of rotatable bonds is 8. The van der Waals surface area contributed by atoms with E-state index in [0.29, 0.717) is 5.56 Å². The third-order valence-corrected chi connectivity index (χ3v) is 6.08. The maximum absolute atomic E-state index is 11.7. The van der Waals surface area contributed by atoms with Crippen LogP contribution in [-0.2, 0) is 10.8 Å². The van der Waals surface area contributed by atoms with Gasteiger partial charge in [-0.2, -0.15) is 0 Å². The molecule has 0 saturated heterocycles. The van der Waals surface area contributed by atoms with Crippen molar-refractivity contribution in [3.05, 3.63) is 81.9 Å². The molecule has 210 valence electrons. The molecule has 0 aliphatic heterocycles. The number of carboxylic acids is 4. The monoisotopic (exact) mass is 550 g/mol. The number of hydrogen-bond donors (Lipinski definition) is 4. The number of carboxylic acid groups (broad SMARTS) is 4. The summed E-state index contributed by atoms with van der Waals surface area (Å²) in [7, 11) is 0. The standard InChI is InChI=1S/C30H30O10/c1-29(2,3)15-11-22(30(4,5)6)24(40-17-8-10-19(26(33)34)21(14-17)28(37)38)23(12-15)39-16-7-9-18(25(31)32)20(13-16)27(35)36/h7-14H,1-6H3,(H,31,32)(H,33,34)(H,35,36)(H,37,38). The predicted octanol–water partition coefficient (Wildman–Crippen LogP) is 6.66. The Labute approximate surface area is 230 Å². The highest BCUT2D eigenvalue weighted by Crippen LogP contribution is 2.46. The first-order valence-corrected chi connectivity index (χ1v) is 12.2. The molecule has 4 N–H and O–H groups in total. The van der Waals surface area contributed by atoms with Gasteiger partial charge in [0, 0.05) is 5.56 Å². The molecule has 0 unspecified atom stereocenters. The van der Waals surface area contributed by atoms with Gasteiger partial charge < -0.3 is 29.9 Å². The van der Waals surface area contributed by atoms with Crippen LogP contribution in [0.15, 0.2) is 48.5 Å². The van der Waals surface area contributed by atoms with E-state index in [1.165, 1.54) is 12.1 Å². The number of ether oxygens (including phenoxy) is 2. The van der Waals surface area contributed by atoms with E-state index in [9.17, 15) is 39.6 Å². The zero-order chi connectivity index (χ0) is 30.2. The maximum atomic E-state index is 11.7. The first kappa shape index (κ1) is 29.7. The Bertz CT molecular complexity index is 1520. The summed E-state index contributed by atoms with van der Waals surface area (Å²) in [4.78, 5) is 46.5. The van der Waals surface area contributed by atoms with Crippen molar-refractivity contribution in [2.45, 2.75) is 52.4 Å². The van der Waals surface area contributed by atoms with Crippen LogP contribution in [0.4, 0.5) is 0 Å². The number of carbonyl (C=O) groups is 4. The first-order valence-electron chi connectivity index (χ1n) is 12.2. The van der Waals surface area contributed by atoms with Gasteiger partial charge in [-0.05, 0) is 58.9 Å². The normalized spacial score (nSPS) is 11.6. The third-order valence-electron chi connectivity index (χ3n) is 6.08. The Morgan fingerprint density at radius 2 is 0.975 bits per heavy atom. The Morgan fingerprint density at radius 1 is 0.550 bits per heavy atom. The molecule has 10 nitrogen and oxygen atoms in total. The van der Waals surface area contributed by atoms with Crippen LogP contribution >= 0.6 is 0 Å². The zero-order valence-corrected chi connectivity index (χ0v) is 22.9. The van der Waals surface area contributed by atoms with Crippen molar-refractivity contribution < 1.29 is 49.1 Å². The van der Waals surface area contributed by atoms with Crippen LogP contribution in [0.25, 0.3) is 0 Å². The molecule has 0 heterocycles. The average molecular weight is 551 g/mol. The largest absolute Gasteiger partial charge is 0.478 e. The Balaban J connectivity index is 2.28. The van der Waals surface area contributed by atoms with Crippen molar-refractivity contribution in [3.63, 3.8) is 0 Å². The van der Waals surface area contributed by atoms with E-state index < -0.39 is 51.5 Å². The number of benzene rings is 3. The van der Waals surface area contributed by atoms with Crippen molar-refractivity contribution in [2.24, 2.45) is 0 Å². The highest BCUT2D eigenvalue weighted by molar-refractivity contribution is 6.02. The summed E-state index contributed by atoms with van der Waals surface area (Å²) in [5.74, 6) is -5.28. The van der Waals surface area contributed by atoms with Crippen molar-refractivity contribution in [3.8, 4) is 23.0 Å². The van der Waals surface area contributed by atoms with Gasteiger partial charge in [0.25, 0.3) is 0 Å². The van der Waals surface area contributed by atoms with Gasteiger partial charge in [-0.3, -0.25) is 0 Å². The smallest absolute Gasteiger partial charge is 0.336 e. The van der Waals surface area contributed by atoms with Crippen LogP contribution in [-0.4, -0.2) is 44.3 Å². The fourth-order valence-electron chi connectivity index (χ4n) is 3.92. The molecule has 40 heavy (non-hydrogen) atoms. The topological polar surface area (TPSA) is 168 Å². The second kappa shape index (κ2) is 10.7. The SMILES string of the molecule is CC(C)(C)c1cc(Oc2ccc(C(=O)O)c(C(=O)O)c2)c(Oc2ccc(C(=O)O)c(C(=O)O)c2)c(C(C)(C)C)c1. The van der Waals surface area contributed by atoms with Crippen LogP contribution in [0.1, 0.15) is 94.1 Å².